The van der Waals surface area contributed by atoms with Crippen LogP contribution in [0, 0.1) is 5.82 Å². The number of methoxy groups -OCH3 is 1. The second-order valence-corrected chi connectivity index (χ2v) is 4.82. The van der Waals surface area contributed by atoms with E-state index in [1.165, 1.54) is 12.1 Å². The minimum Gasteiger partial charge on any atom is -0.496 e. The van der Waals surface area contributed by atoms with Gasteiger partial charge in [-0.1, -0.05) is 18.2 Å². The highest BCUT2D eigenvalue weighted by Gasteiger charge is 2.26. The molecule has 2 aromatic carbocycles. The van der Waals surface area contributed by atoms with Gasteiger partial charge in [-0.3, -0.25) is 0 Å². The number of ether oxygens (including phenoxy) is 2. The number of benzene rings is 2. The van der Waals surface area contributed by atoms with Crippen molar-refractivity contribution in [1.82, 2.24) is 0 Å². The lowest BCUT2D eigenvalue weighted by molar-refractivity contribution is 0.242. The van der Waals surface area contributed by atoms with Crippen LogP contribution in [0.25, 0.3) is 11.1 Å². The van der Waals surface area contributed by atoms with Crippen LogP contribution in [0.2, 0.25) is 0 Å². The summed E-state index contributed by atoms with van der Waals surface area (Å²) in [5.74, 6) is 1.14. The van der Waals surface area contributed by atoms with Crippen molar-refractivity contribution in [2.24, 2.45) is 5.73 Å². The second kappa shape index (κ2) is 5.13. The predicted molar refractivity (Wildman–Crippen MR) is 75.6 cm³/mol. The van der Waals surface area contributed by atoms with Crippen LogP contribution in [0.15, 0.2) is 36.4 Å². The molecule has 0 radical (unpaired) electrons. The standard InChI is InChI=1S/C16H16FNO2/c1-19-15-5-3-2-4-13(15)14-8-11(17)6-10-7-12(9-18)20-16(10)14/h2-6,8,12H,7,9,18H2,1H3/t12-/m0/s1. The fourth-order valence-electron chi connectivity index (χ4n) is 2.59. The summed E-state index contributed by atoms with van der Waals surface area (Å²) in [6.45, 7) is 0.418. The van der Waals surface area contributed by atoms with Gasteiger partial charge in [-0.05, 0) is 18.2 Å². The zero-order valence-electron chi connectivity index (χ0n) is 11.2. The molecule has 0 saturated carbocycles. The van der Waals surface area contributed by atoms with E-state index in [0.717, 1.165) is 11.1 Å². The molecule has 0 spiro atoms. The van der Waals surface area contributed by atoms with Crippen LogP contribution in [0.3, 0.4) is 0 Å². The Kier molecular flexibility index (Phi) is 3.32. The first kappa shape index (κ1) is 12.9. The zero-order chi connectivity index (χ0) is 14.1. The highest BCUT2D eigenvalue weighted by atomic mass is 19.1. The monoisotopic (exact) mass is 273 g/mol. The van der Waals surface area contributed by atoms with Crippen molar-refractivity contribution in [2.45, 2.75) is 12.5 Å². The van der Waals surface area contributed by atoms with Gasteiger partial charge in [0.15, 0.2) is 0 Å². The zero-order valence-corrected chi connectivity index (χ0v) is 11.2. The van der Waals surface area contributed by atoms with Crippen LogP contribution in [0.5, 0.6) is 11.5 Å². The Morgan fingerprint density at radius 2 is 2.10 bits per heavy atom. The van der Waals surface area contributed by atoms with Gasteiger partial charge in [-0.2, -0.15) is 0 Å². The molecule has 20 heavy (non-hydrogen) atoms. The third-order valence-electron chi connectivity index (χ3n) is 3.52. The minimum atomic E-state index is -0.272. The lowest BCUT2D eigenvalue weighted by Gasteiger charge is -2.13. The third kappa shape index (κ3) is 2.12. The van der Waals surface area contributed by atoms with E-state index in [1.54, 1.807) is 7.11 Å². The van der Waals surface area contributed by atoms with E-state index < -0.39 is 0 Å². The first-order chi connectivity index (χ1) is 9.72. The molecule has 0 fully saturated rings. The highest BCUT2D eigenvalue weighted by Crippen LogP contribution is 2.42. The average Bonchev–Trinajstić information content (AvgIpc) is 2.89. The van der Waals surface area contributed by atoms with Crippen molar-refractivity contribution in [2.75, 3.05) is 13.7 Å². The Morgan fingerprint density at radius 1 is 1.30 bits per heavy atom. The molecule has 1 heterocycles. The van der Waals surface area contributed by atoms with Crippen molar-refractivity contribution in [3.05, 3.63) is 47.8 Å². The smallest absolute Gasteiger partial charge is 0.131 e. The van der Waals surface area contributed by atoms with Crippen molar-refractivity contribution >= 4 is 0 Å². The number of para-hydroxylation sites is 1. The molecule has 104 valence electrons. The molecule has 2 N–H and O–H groups in total. The second-order valence-electron chi connectivity index (χ2n) is 4.82. The summed E-state index contributed by atoms with van der Waals surface area (Å²) in [4.78, 5) is 0. The van der Waals surface area contributed by atoms with Gasteiger partial charge in [0.05, 0.1) is 7.11 Å². The number of fused-ring (bicyclic) bond motifs is 1. The van der Waals surface area contributed by atoms with Crippen LogP contribution in [-0.4, -0.2) is 19.8 Å². The Labute approximate surface area is 117 Å². The van der Waals surface area contributed by atoms with Crippen LogP contribution in [-0.2, 0) is 6.42 Å². The van der Waals surface area contributed by atoms with Crippen LogP contribution < -0.4 is 15.2 Å². The molecule has 3 rings (SSSR count). The quantitative estimate of drug-likeness (QED) is 0.935. The largest absolute Gasteiger partial charge is 0.496 e. The first-order valence-electron chi connectivity index (χ1n) is 6.55. The number of halogens is 1. The molecule has 0 aliphatic carbocycles. The lowest BCUT2D eigenvalue weighted by Crippen LogP contribution is -2.24. The lowest BCUT2D eigenvalue weighted by atomic mass is 9.99. The van der Waals surface area contributed by atoms with Crippen molar-refractivity contribution < 1.29 is 13.9 Å². The van der Waals surface area contributed by atoms with Crippen molar-refractivity contribution in [3.63, 3.8) is 0 Å². The van der Waals surface area contributed by atoms with Crippen molar-refractivity contribution in [1.29, 1.82) is 0 Å². The summed E-state index contributed by atoms with van der Waals surface area (Å²) in [6.07, 6.45) is 0.561. The molecule has 0 unspecified atom stereocenters. The fourth-order valence-corrected chi connectivity index (χ4v) is 2.59. The summed E-state index contributed by atoms with van der Waals surface area (Å²) in [5.41, 5.74) is 8.05. The summed E-state index contributed by atoms with van der Waals surface area (Å²) in [6, 6.07) is 10.5. The van der Waals surface area contributed by atoms with E-state index in [0.29, 0.717) is 30.0 Å². The molecule has 1 atom stereocenters. The van der Waals surface area contributed by atoms with Crippen molar-refractivity contribution in [3.8, 4) is 22.6 Å². The third-order valence-corrected chi connectivity index (χ3v) is 3.52. The Balaban J connectivity index is 2.16. The van der Waals surface area contributed by atoms with Gasteiger partial charge >= 0.3 is 0 Å². The van der Waals surface area contributed by atoms with Gasteiger partial charge in [0, 0.05) is 29.7 Å². The van der Waals surface area contributed by atoms with E-state index >= 15 is 0 Å². The minimum absolute atomic E-state index is 0.0831. The van der Waals surface area contributed by atoms with Gasteiger partial charge < -0.3 is 15.2 Å². The average molecular weight is 273 g/mol. The summed E-state index contributed by atoms with van der Waals surface area (Å²) in [5, 5.41) is 0. The number of hydrogen-bond acceptors (Lipinski definition) is 3. The molecule has 0 saturated heterocycles. The van der Waals surface area contributed by atoms with Gasteiger partial charge in [0.25, 0.3) is 0 Å². The molecule has 3 nitrogen and oxygen atoms in total. The van der Waals surface area contributed by atoms with E-state index in [4.69, 9.17) is 15.2 Å². The SMILES string of the molecule is COc1ccccc1-c1cc(F)cc2c1O[C@H](CN)C2. The van der Waals surface area contributed by atoms with E-state index in [2.05, 4.69) is 0 Å². The molecule has 1 aliphatic heterocycles. The molecular weight excluding hydrogens is 257 g/mol. The molecule has 0 aromatic heterocycles. The maximum atomic E-state index is 13.8. The number of hydrogen-bond donors (Lipinski definition) is 1. The van der Waals surface area contributed by atoms with Gasteiger partial charge in [-0.25, -0.2) is 4.39 Å². The molecular formula is C16H16FNO2. The summed E-state index contributed by atoms with van der Waals surface area (Å²) in [7, 11) is 1.60. The van der Waals surface area contributed by atoms with Gasteiger partial charge in [-0.15, -0.1) is 0 Å². The fraction of sp³-hybridized carbons (Fsp3) is 0.250. The van der Waals surface area contributed by atoms with Gasteiger partial charge in [0.2, 0.25) is 0 Å². The van der Waals surface area contributed by atoms with Crippen LogP contribution in [0.4, 0.5) is 4.39 Å². The van der Waals surface area contributed by atoms with Crippen LogP contribution >= 0.6 is 0 Å². The Morgan fingerprint density at radius 3 is 2.85 bits per heavy atom. The van der Waals surface area contributed by atoms with Crippen LogP contribution in [0.1, 0.15) is 5.56 Å². The maximum Gasteiger partial charge on any atom is 0.131 e. The number of nitrogens with two attached hydrogens (primary N) is 1. The molecule has 2 aromatic rings. The number of rotatable bonds is 3. The Bertz CT molecular complexity index is 642. The molecule has 4 heteroatoms. The summed E-state index contributed by atoms with van der Waals surface area (Å²) < 4.78 is 25.0. The first-order valence-corrected chi connectivity index (χ1v) is 6.55. The van der Waals surface area contributed by atoms with E-state index in [1.807, 2.05) is 24.3 Å². The highest BCUT2D eigenvalue weighted by molar-refractivity contribution is 5.77. The summed E-state index contributed by atoms with van der Waals surface area (Å²) >= 11 is 0. The molecule has 0 amide bonds. The molecule has 0 bridgehead atoms. The topological polar surface area (TPSA) is 44.5 Å². The molecule has 1 aliphatic rings. The normalized spacial score (nSPS) is 16.6. The van der Waals surface area contributed by atoms with Gasteiger partial charge in [0.1, 0.15) is 23.4 Å². The van der Waals surface area contributed by atoms with E-state index in [-0.39, 0.29) is 11.9 Å². The predicted octanol–water partition coefficient (Wildman–Crippen LogP) is 2.76. The van der Waals surface area contributed by atoms with E-state index in [9.17, 15) is 4.39 Å². The Hall–Kier alpha value is -2.07. The maximum absolute atomic E-state index is 13.8.